The number of aliphatic hydroxyl groups is 2. The Labute approximate surface area is 262 Å². The molecule has 0 saturated carbocycles. The number of amides is 1. The van der Waals surface area contributed by atoms with Gasteiger partial charge in [0.2, 0.25) is 0 Å². The minimum atomic E-state index is -3.23. The molecule has 2 aromatic heterocycles. The zero-order chi connectivity index (χ0) is 32.9. The summed E-state index contributed by atoms with van der Waals surface area (Å²) in [6, 6.07) is 9.52. The van der Waals surface area contributed by atoms with E-state index in [1.165, 1.54) is 18.2 Å². The van der Waals surface area contributed by atoms with Gasteiger partial charge in [0.05, 0.1) is 41.5 Å². The number of nitrogens with zero attached hydrogens (tertiary/aromatic N) is 2. The molecule has 0 bridgehead atoms. The van der Waals surface area contributed by atoms with Crippen LogP contribution in [0.3, 0.4) is 0 Å². The second kappa shape index (κ2) is 14.4. The Bertz CT molecular complexity index is 1710. The summed E-state index contributed by atoms with van der Waals surface area (Å²) in [5.41, 5.74) is 6.19. The van der Waals surface area contributed by atoms with E-state index >= 15 is 0 Å². The van der Waals surface area contributed by atoms with Crippen LogP contribution in [-0.4, -0.2) is 76.3 Å². The zero-order valence-electron chi connectivity index (χ0n) is 25.5. The summed E-state index contributed by atoms with van der Waals surface area (Å²) in [4.78, 5) is 33.5. The maximum atomic E-state index is 14.0. The van der Waals surface area contributed by atoms with Crippen molar-refractivity contribution in [2.24, 2.45) is 0 Å². The number of halogens is 1. The van der Waals surface area contributed by atoms with Gasteiger partial charge < -0.3 is 20.6 Å². The van der Waals surface area contributed by atoms with Crippen LogP contribution < -0.4 is 5.32 Å². The number of rotatable bonds is 12. The number of carbonyl (C=O) groups is 2. The molecule has 1 aromatic carbocycles. The van der Waals surface area contributed by atoms with Crippen LogP contribution in [0.25, 0.3) is 28.5 Å². The molecule has 12 heteroatoms. The van der Waals surface area contributed by atoms with Gasteiger partial charge in [-0.3, -0.25) is 14.6 Å². The number of pyridine rings is 2. The normalized spacial score (nSPS) is 14.5. The van der Waals surface area contributed by atoms with Crippen molar-refractivity contribution in [3.8, 4) is 22.4 Å². The first kappa shape index (κ1) is 33.9. The number of carboxylic acids is 1. The lowest BCUT2D eigenvalue weighted by Crippen LogP contribution is -2.29. The molecule has 45 heavy (non-hydrogen) atoms. The summed E-state index contributed by atoms with van der Waals surface area (Å²) in [6.07, 6.45) is 3.19. The molecular weight excluding hydrogens is 601 g/mol. The molecule has 3 aromatic rings. The van der Waals surface area contributed by atoms with Gasteiger partial charge in [-0.05, 0) is 66.1 Å². The van der Waals surface area contributed by atoms with Crippen molar-refractivity contribution in [1.29, 1.82) is 0 Å². The van der Waals surface area contributed by atoms with Gasteiger partial charge in [-0.1, -0.05) is 38.1 Å². The van der Waals surface area contributed by atoms with Crippen molar-refractivity contribution in [2.75, 3.05) is 18.6 Å². The van der Waals surface area contributed by atoms with Crippen molar-refractivity contribution in [2.45, 2.75) is 64.1 Å². The maximum absolute atomic E-state index is 14.0. The number of benzene rings is 1. The number of carbonyl (C=O) groups excluding carboxylic acids is 1. The lowest BCUT2D eigenvalue weighted by atomic mass is 9.86. The molecule has 0 saturated heterocycles. The van der Waals surface area contributed by atoms with Gasteiger partial charge in [-0.15, -0.1) is 0 Å². The molecule has 2 atom stereocenters. The second-order valence-electron chi connectivity index (χ2n) is 11.6. The first-order chi connectivity index (χ1) is 21.2. The molecule has 240 valence electrons. The van der Waals surface area contributed by atoms with Crippen molar-refractivity contribution in [1.82, 2.24) is 15.3 Å². The Kier molecular flexibility index (Phi) is 10.8. The zero-order valence-corrected chi connectivity index (χ0v) is 26.3. The Morgan fingerprint density at radius 3 is 2.42 bits per heavy atom. The molecule has 1 amide bonds. The number of aliphatic hydroxyl groups excluding tert-OH is 2. The first-order valence-electron chi connectivity index (χ1n) is 14.8. The SMILES string of the molecule is CC(C)c1nc2c(c(-c3ccc(F)cc3)c1/C=C/[C@@H](O)C[C@@H](O)CC(=O)O)CCCc1nc(C(=O)NCCS(C)(=O)=O)ccc1-2. The van der Waals surface area contributed by atoms with Crippen LogP contribution in [0.2, 0.25) is 0 Å². The molecule has 4 rings (SSSR count). The maximum Gasteiger partial charge on any atom is 0.305 e. The van der Waals surface area contributed by atoms with Gasteiger partial charge in [-0.2, -0.15) is 0 Å². The standard InChI is InChI=1S/C33H38FN3O7S/c1-19(2)31-26(12-11-22(38)17-23(39)18-29(40)41)30(20-7-9-21(34)10-8-20)25-5-4-6-27-24(32(25)37-31)13-14-28(36-27)33(42)35-15-16-45(3,43)44/h7-14,19,22-23,38-39H,4-6,15-18H2,1-3H3,(H,35,42)(H,40,41)/b12-11+/t22-,23-/m1/s1. The van der Waals surface area contributed by atoms with Crippen molar-refractivity contribution in [3.63, 3.8) is 0 Å². The predicted molar refractivity (Wildman–Crippen MR) is 169 cm³/mol. The summed E-state index contributed by atoms with van der Waals surface area (Å²) < 4.78 is 36.9. The first-order valence-corrected chi connectivity index (χ1v) is 16.8. The van der Waals surface area contributed by atoms with E-state index in [4.69, 9.17) is 10.1 Å². The number of aromatic nitrogens is 2. The number of hydrogen-bond donors (Lipinski definition) is 4. The highest BCUT2D eigenvalue weighted by molar-refractivity contribution is 7.90. The van der Waals surface area contributed by atoms with E-state index in [-0.39, 0.29) is 36.1 Å². The van der Waals surface area contributed by atoms with Crippen LogP contribution in [0.4, 0.5) is 4.39 Å². The summed E-state index contributed by atoms with van der Waals surface area (Å²) >= 11 is 0. The second-order valence-corrected chi connectivity index (χ2v) is 13.9. The molecule has 2 heterocycles. The van der Waals surface area contributed by atoms with Gasteiger partial charge in [0.15, 0.2) is 0 Å². The van der Waals surface area contributed by atoms with Gasteiger partial charge in [-0.25, -0.2) is 17.8 Å². The molecule has 0 unspecified atom stereocenters. The number of aliphatic carboxylic acids is 1. The van der Waals surface area contributed by atoms with Crippen LogP contribution in [0.15, 0.2) is 42.5 Å². The fourth-order valence-electron chi connectivity index (χ4n) is 5.44. The van der Waals surface area contributed by atoms with E-state index in [0.717, 1.165) is 34.1 Å². The van der Waals surface area contributed by atoms with E-state index in [0.29, 0.717) is 36.3 Å². The molecule has 4 N–H and O–H groups in total. The lowest BCUT2D eigenvalue weighted by molar-refractivity contribution is -0.139. The van der Waals surface area contributed by atoms with Crippen LogP contribution in [0, 0.1) is 5.82 Å². The Hall–Kier alpha value is -4.00. The smallest absolute Gasteiger partial charge is 0.305 e. The Morgan fingerprint density at radius 1 is 1.07 bits per heavy atom. The predicted octanol–water partition coefficient (Wildman–Crippen LogP) is 3.94. The fraction of sp³-hybridized carbons (Fsp3) is 0.394. The minimum Gasteiger partial charge on any atom is -0.481 e. The Balaban J connectivity index is 1.82. The van der Waals surface area contributed by atoms with Crippen molar-refractivity contribution in [3.05, 3.63) is 76.5 Å². The molecule has 1 aliphatic carbocycles. The minimum absolute atomic E-state index is 0.0247. The average molecular weight is 640 g/mol. The third kappa shape index (κ3) is 8.80. The average Bonchev–Trinajstić information content (AvgIpc) is 3.13. The largest absolute Gasteiger partial charge is 0.481 e. The topological polar surface area (TPSA) is 167 Å². The highest BCUT2D eigenvalue weighted by Crippen LogP contribution is 2.41. The van der Waals surface area contributed by atoms with Crippen LogP contribution in [0.5, 0.6) is 0 Å². The van der Waals surface area contributed by atoms with Gasteiger partial charge in [0, 0.05) is 30.3 Å². The fourth-order valence-corrected chi connectivity index (χ4v) is 5.91. The molecular formula is C33H38FN3O7S. The van der Waals surface area contributed by atoms with E-state index in [2.05, 4.69) is 10.3 Å². The molecule has 0 spiro atoms. The molecule has 1 aliphatic rings. The third-order valence-electron chi connectivity index (χ3n) is 7.51. The van der Waals surface area contributed by atoms with Gasteiger partial charge in [0.25, 0.3) is 5.91 Å². The summed E-state index contributed by atoms with van der Waals surface area (Å²) in [5.74, 6) is -2.28. The van der Waals surface area contributed by atoms with Crippen LogP contribution >= 0.6 is 0 Å². The van der Waals surface area contributed by atoms with E-state index < -0.39 is 40.3 Å². The third-order valence-corrected chi connectivity index (χ3v) is 8.46. The van der Waals surface area contributed by atoms with Crippen molar-refractivity contribution < 1.29 is 37.7 Å². The van der Waals surface area contributed by atoms with E-state index in [1.807, 2.05) is 13.8 Å². The number of fused-ring (bicyclic) bond motifs is 3. The van der Waals surface area contributed by atoms with Crippen LogP contribution in [0.1, 0.15) is 72.0 Å². The van der Waals surface area contributed by atoms with E-state index in [9.17, 15) is 32.6 Å². The number of sulfone groups is 1. The Morgan fingerprint density at radius 2 is 1.78 bits per heavy atom. The van der Waals surface area contributed by atoms with Crippen LogP contribution in [-0.2, 0) is 27.5 Å². The summed E-state index contributed by atoms with van der Waals surface area (Å²) in [5, 5.41) is 32.2. The molecule has 0 radical (unpaired) electrons. The van der Waals surface area contributed by atoms with Crippen molar-refractivity contribution >= 4 is 27.8 Å². The highest BCUT2D eigenvalue weighted by Gasteiger charge is 2.26. The monoisotopic (exact) mass is 639 g/mol. The van der Waals surface area contributed by atoms with Gasteiger partial charge >= 0.3 is 5.97 Å². The van der Waals surface area contributed by atoms with E-state index in [1.54, 1.807) is 30.3 Å². The van der Waals surface area contributed by atoms with Gasteiger partial charge in [0.1, 0.15) is 21.3 Å². The number of nitrogens with one attached hydrogen (secondary N) is 1. The highest BCUT2D eigenvalue weighted by atomic mass is 32.2. The summed E-state index contributed by atoms with van der Waals surface area (Å²) in [7, 11) is -3.23. The lowest BCUT2D eigenvalue weighted by Gasteiger charge is -2.22. The molecule has 0 fully saturated rings. The quantitative estimate of drug-likeness (QED) is 0.230. The summed E-state index contributed by atoms with van der Waals surface area (Å²) in [6.45, 7) is 3.93. The molecule has 10 nitrogen and oxygen atoms in total. The number of hydrogen-bond acceptors (Lipinski definition) is 8. The number of aryl methyl sites for hydroxylation is 1. The number of carboxylic acid groups (broad SMARTS) is 1. The molecule has 0 aliphatic heterocycles.